The van der Waals surface area contributed by atoms with E-state index in [1.165, 1.54) is 16.2 Å². The van der Waals surface area contributed by atoms with Gasteiger partial charge in [-0.15, -0.1) is 10.2 Å². The molecule has 1 aromatic heterocycles. The van der Waals surface area contributed by atoms with Gasteiger partial charge in [-0.2, -0.15) is 0 Å². The Balaban J connectivity index is 1.53. The van der Waals surface area contributed by atoms with Crippen molar-refractivity contribution in [2.24, 2.45) is 0 Å². The molecule has 2 N–H and O–H groups in total. The Morgan fingerprint density at radius 1 is 1.24 bits per heavy atom. The minimum atomic E-state index is -0.591. The lowest BCUT2D eigenvalue weighted by Gasteiger charge is -2.24. The molecule has 8 heteroatoms. The molecule has 0 bridgehead atoms. The van der Waals surface area contributed by atoms with Crippen molar-refractivity contribution < 1.29 is 14.7 Å². The molecule has 4 rings (SSSR count). The Hall–Kier alpha value is -3.00. The van der Waals surface area contributed by atoms with Crippen molar-refractivity contribution in [1.82, 2.24) is 15.1 Å². The number of aromatic nitrogens is 2. The van der Waals surface area contributed by atoms with Gasteiger partial charge in [0.05, 0.1) is 5.56 Å². The second-order valence-electron chi connectivity index (χ2n) is 7.08. The number of phenols is 1. The summed E-state index contributed by atoms with van der Waals surface area (Å²) in [5.41, 5.74) is 0.213. The lowest BCUT2D eigenvalue weighted by molar-refractivity contribution is -0.119. The van der Waals surface area contributed by atoms with E-state index in [9.17, 15) is 14.7 Å². The second kappa shape index (κ2) is 8.16. The van der Waals surface area contributed by atoms with Gasteiger partial charge in [-0.1, -0.05) is 48.6 Å². The molecule has 2 aromatic carbocycles. The molecule has 29 heavy (non-hydrogen) atoms. The lowest BCUT2D eigenvalue weighted by Crippen LogP contribution is -2.43. The molecule has 2 amide bonds. The smallest absolute Gasteiger partial charge is 0.258 e. The van der Waals surface area contributed by atoms with E-state index in [2.05, 4.69) is 22.4 Å². The molecule has 0 spiro atoms. The zero-order valence-corrected chi connectivity index (χ0v) is 16.9. The van der Waals surface area contributed by atoms with Crippen molar-refractivity contribution in [1.29, 1.82) is 0 Å². The minimum absolute atomic E-state index is 0.0486. The number of rotatable bonds is 5. The molecule has 1 aliphatic heterocycles. The molecule has 1 atom stereocenters. The normalized spacial score (nSPS) is 16.3. The van der Waals surface area contributed by atoms with Crippen LogP contribution >= 0.6 is 11.3 Å². The summed E-state index contributed by atoms with van der Waals surface area (Å²) in [4.78, 5) is 27.5. The highest BCUT2D eigenvalue weighted by molar-refractivity contribution is 7.15. The highest BCUT2D eigenvalue weighted by Gasteiger charge is 2.36. The molecule has 1 unspecified atom stereocenters. The van der Waals surface area contributed by atoms with Crippen LogP contribution in [0.15, 0.2) is 36.4 Å². The minimum Gasteiger partial charge on any atom is -0.506 e. The van der Waals surface area contributed by atoms with E-state index >= 15 is 0 Å². The quantitative estimate of drug-likeness (QED) is 0.670. The lowest BCUT2D eigenvalue weighted by atomic mass is 10.0. The highest BCUT2D eigenvalue weighted by atomic mass is 32.1. The van der Waals surface area contributed by atoms with Gasteiger partial charge in [-0.3, -0.25) is 14.9 Å². The highest BCUT2D eigenvalue weighted by Crippen LogP contribution is 2.31. The van der Waals surface area contributed by atoms with Crippen LogP contribution in [0.2, 0.25) is 0 Å². The topological polar surface area (TPSA) is 95.4 Å². The van der Waals surface area contributed by atoms with Gasteiger partial charge < -0.3 is 10.0 Å². The predicted molar refractivity (Wildman–Crippen MR) is 112 cm³/mol. The number of hydrogen-bond donors (Lipinski definition) is 2. The van der Waals surface area contributed by atoms with Crippen LogP contribution in [0.1, 0.15) is 41.6 Å². The van der Waals surface area contributed by atoms with Crippen LogP contribution in [0.5, 0.6) is 5.75 Å². The number of aromatic hydroxyl groups is 1. The maximum absolute atomic E-state index is 13.1. The fourth-order valence-electron chi connectivity index (χ4n) is 3.67. The average molecular weight is 410 g/mol. The fraction of sp³-hybridized carbons (Fsp3) is 0.333. The van der Waals surface area contributed by atoms with E-state index in [0.717, 1.165) is 29.7 Å². The van der Waals surface area contributed by atoms with Crippen LogP contribution in [0, 0.1) is 0 Å². The largest absolute Gasteiger partial charge is 0.506 e. The monoisotopic (exact) mass is 410 g/mol. The average Bonchev–Trinajstić information content (AvgIpc) is 3.38. The predicted octanol–water partition coefficient (Wildman–Crippen LogP) is 3.59. The summed E-state index contributed by atoms with van der Waals surface area (Å²) in [7, 11) is 0. The number of phenolic OH excluding ortho intramolecular Hbond substituents is 1. The Morgan fingerprint density at radius 3 is 2.90 bits per heavy atom. The van der Waals surface area contributed by atoms with E-state index in [-0.39, 0.29) is 23.1 Å². The van der Waals surface area contributed by atoms with Crippen molar-refractivity contribution in [2.75, 3.05) is 11.9 Å². The summed E-state index contributed by atoms with van der Waals surface area (Å²) in [5.74, 6) is -0.655. The zero-order valence-electron chi connectivity index (χ0n) is 16.1. The number of fused-ring (bicyclic) bond motifs is 1. The van der Waals surface area contributed by atoms with Gasteiger partial charge in [0.2, 0.25) is 11.0 Å². The maximum Gasteiger partial charge on any atom is 0.258 e. The molecule has 0 radical (unpaired) electrons. The van der Waals surface area contributed by atoms with Crippen molar-refractivity contribution in [3.8, 4) is 5.75 Å². The molecule has 150 valence electrons. The summed E-state index contributed by atoms with van der Waals surface area (Å²) in [6.07, 6.45) is 3.09. The number of nitrogens with zero attached hydrogens (tertiary/aromatic N) is 3. The Kier molecular flexibility index (Phi) is 5.44. The molecule has 2 heterocycles. The van der Waals surface area contributed by atoms with Crippen LogP contribution < -0.4 is 5.32 Å². The van der Waals surface area contributed by atoms with E-state index in [1.807, 2.05) is 24.3 Å². The number of amides is 2. The van der Waals surface area contributed by atoms with Crippen molar-refractivity contribution in [3.63, 3.8) is 0 Å². The first-order valence-corrected chi connectivity index (χ1v) is 10.5. The van der Waals surface area contributed by atoms with Crippen LogP contribution in [-0.4, -0.2) is 44.6 Å². The third-order valence-corrected chi connectivity index (χ3v) is 6.01. The third-order valence-electron chi connectivity index (χ3n) is 5.11. The SMILES string of the molecule is CCCc1nnc(NC(=O)C2CCCN2C(=O)c2ccc3ccccc3c2O)s1. The summed E-state index contributed by atoms with van der Waals surface area (Å²) < 4.78 is 0. The molecular weight excluding hydrogens is 388 g/mol. The zero-order chi connectivity index (χ0) is 20.4. The molecule has 1 aliphatic rings. The Bertz CT molecular complexity index is 1070. The molecule has 0 saturated carbocycles. The summed E-state index contributed by atoms with van der Waals surface area (Å²) in [6, 6.07) is 10.2. The van der Waals surface area contributed by atoms with Crippen molar-refractivity contribution in [3.05, 3.63) is 47.0 Å². The number of nitrogens with one attached hydrogen (secondary N) is 1. The number of anilines is 1. The molecule has 3 aromatic rings. The van der Waals surface area contributed by atoms with Crippen LogP contribution in [0.4, 0.5) is 5.13 Å². The first-order chi connectivity index (χ1) is 14.1. The maximum atomic E-state index is 13.1. The first-order valence-electron chi connectivity index (χ1n) is 9.73. The van der Waals surface area contributed by atoms with E-state index in [0.29, 0.717) is 23.5 Å². The number of benzene rings is 2. The van der Waals surface area contributed by atoms with Gasteiger partial charge in [-0.25, -0.2) is 0 Å². The fourth-order valence-corrected chi connectivity index (χ4v) is 4.52. The summed E-state index contributed by atoms with van der Waals surface area (Å²) in [6.45, 7) is 2.53. The van der Waals surface area contributed by atoms with E-state index in [4.69, 9.17) is 0 Å². The van der Waals surface area contributed by atoms with Gasteiger partial charge >= 0.3 is 0 Å². The Labute approximate surface area is 172 Å². The van der Waals surface area contributed by atoms with Crippen molar-refractivity contribution in [2.45, 2.75) is 38.6 Å². The van der Waals surface area contributed by atoms with Crippen LogP contribution in [0.25, 0.3) is 10.8 Å². The molecular formula is C21H22N4O3S. The van der Waals surface area contributed by atoms with Gasteiger partial charge in [0, 0.05) is 18.4 Å². The van der Waals surface area contributed by atoms with Crippen molar-refractivity contribution >= 4 is 39.1 Å². The molecule has 1 fully saturated rings. The summed E-state index contributed by atoms with van der Waals surface area (Å²) in [5, 5.41) is 24.3. The first kappa shape index (κ1) is 19.3. The number of carbonyl (C=O) groups excluding carboxylic acids is 2. The number of hydrogen-bond acceptors (Lipinski definition) is 6. The second-order valence-corrected chi connectivity index (χ2v) is 8.14. The van der Waals surface area contributed by atoms with Crippen LogP contribution in [-0.2, 0) is 11.2 Å². The summed E-state index contributed by atoms with van der Waals surface area (Å²) >= 11 is 1.36. The van der Waals surface area contributed by atoms with Gasteiger partial charge in [-0.05, 0) is 30.7 Å². The number of aryl methyl sites for hydroxylation is 1. The van der Waals surface area contributed by atoms with E-state index in [1.54, 1.807) is 12.1 Å². The number of carbonyl (C=O) groups is 2. The van der Waals surface area contributed by atoms with Gasteiger partial charge in [0.1, 0.15) is 16.8 Å². The van der Waals surface area contributed by atoms with Crippen LogP contribution in [0.3, 0.4) is 0 Å². The molecule has 1 saturated heterocycles. The standard InChI is InChI=1S/C21H22N4O3S/c1-2-6-17-23-24-21(29-17)22-19(27)16-9-5-12-25(16)20(28)15-11-10-13-7-3-4-8-14(13)18(15)26/h3-4,7-8,10-11,16,26H,2,5-6,9,12H2,1H3,(H,22,24,27). The molecule has 0 aliphatic carbocycles. The van der Waals surface area contributed by atoms with Gasteiger partial charge in [0.25, 0.3) is 5.91 Å². The number of likely N-dealkylation sites (tertiary alicyclic amines) is 1. The molecule has 7 nitrogen and oxygen atoms in total. The Morgan fingerprint density at radius 2 is 2.07 bits per heavy atom. The van der Waals surface area contributed by atoms with Gasteiger partial charge in [0.15, 0.2) is 0 Å². The third kappa shape index (κ3) is 3.80. The van der Waals surface area contributed by atoms with E-state index < -0.39 is 6.04 Å².